The first-order valence-electron chi connectivity index (χ1n) is 19.8. The van der Waals surface area contributed by atoms with Gasteiger partial charge in [-0.25, -0.2) is 13.6 Å². The van der Waals surface area contributed by atoms with Gasteiger partial charge in [-0.3, -0.25) is 19.6 Å². The zero-order valence-corrected chi connectivity index (χ0v) is 32.9. The van der Waals surface area contributed by atoms with Crippen molar-refractivity contribution in [2.75, 3.05) is 57.9 Å². The van der Waals surface area contributed by atoms with Crippen LogP contribution in [0.15, 0.2) is 42.6 Å². The van der Waals surface area contributed by atoms with Crippen molar-refractivity contribution in [3.63, 3.8) is 0 Å². The molecule has 4 aromatic rings. The molecule has 2 amide bonds. The molecule has 15 heteroatoms. The Labute approximate surface area is 335 Å². The summed E-state index contributed by atoms with van der Waals surface area (Å²) in [4.78, 5) is 47.1. The Bertz CT molecular complexity index is 2250. The van der Waals surface area contributed by atoms with Crippen LogP contribution in [0.1, 0.15) is 51.9 Å². The Balaban J connectivity index is 1.07. The fourth-order valence-electron chi connectivity index (χ4n) is 8.86. The van der Waals surface area contributed by atoms with E-state index in [2.05, 4.69) is 26.7 Å². The predicted octanol–water partition coefficient (Wildman–Crippen LogP) is 6.01. The number of hydrogen-bond acceptors (Lipinski definition) is 10. The van der Waals surface area contributed by atoms with Crippen molar-refractivity contribution in [2.45, 2.75) is 81.8 Å². The lowest BCUT2D eigenvalue weighted by molar-refractivity contribution is -0.124. The highest BCUT2D eigenvalue weighted by Crippen LogP contribution is 2.41. The number of aliphatic hydroxyl groups is 1. The topological polar surface area (TPSA) is 124 Å². The summed E-state index contributed by atoms with van der Waals surface area (Å²) in [5.41, 5.74) is 0.139. The van der Waals surface area contributed by atoms with Crippen molar-refractivity contribution in [1.29, 1.82) is 0 Å². The maximum atomic E-state index is 16.9. The van der Waals surface area contributed by atoms with E-state index in [9.17, 15) is 19.1 Å². The molecule has 0 radical (unpaired) electrons. The van der Waals surface area contributed by atoms with Crippen molar-refractivity contribution in [1.82, 2.24) is 29.7 Å². The number of hydrogen-bond donors (Lipinski definition) is 1. The molecule has 5 atom stereocenters. The van der Waals surface area contributed by atoms with Gasteiger partial charge in [0.2, 0.25) is 0 Å². The van der Waals surface area contributed by atoms with Gasteiger partial charge in [0.25, 0.3) is 5.91 Å². The molecule has 57 heavy (non-hydrogen) atoms. The highest BCUT2D eigenvalue weighted by Gasteiger charge is 2.49. The maximum Gasteiger partial charge on any atom is 0.410 e. The third-order valence-electron chi connectivity index (χ3n) is 11.9. The molecule has 1 N–H and O–H groups in total. The summed E-state index contributed by atoms with van der Waals surface area (Å²) in [5.74, 6) is 4.91. The quantitative estimate of drug-likeness (QED) is 0.159. The minimum absolute atomic E-state index is 0.0137. The van der Waals surface area contributed by atoms with Gasteiger partial charge < -0.3 is 24.4 Å². The molecule has 2 unspecified atom stereocenters. The lowest BCUT2D eigenvalue weighted by Crippen LogP contribution is -2.43. The molecule has 0 saturated carbocycles. The second kappa shape index (κ2) is 16.2. The van der Waals surface area contributed by atoms with Gasteiger partial charge in [0, 0.05) is 67.7 Å². The number of aromatic nitrogens is 3. The number of carbonyl (C=O) groups excluding carboxylic acids is 2. The SMILES string of the molecule is CCCCOC(=O)N1CC(O)CC1C#CC(=O)N1CC[C@@H](N(C)c2nc(OC[C@@]34CCCN3C[C@H](F)C4)nc3c(F)c(-c4cccc5cccc(Cl)c45)ncc23)C1. The van der Waals surface area contributed by atoms with Crippen LogP contribution in [-0.4, -0.2) is 130 Å². The van der Waals surface area contributed by atoms with E-state index >= 15 is 4.39 Å². The Kier molecular flexibility index (Phi) is 11.1. The average Bonchev–Trinajstić information content (AvgIpc) is 3.99. The molecule has 4 saturated heterocycles. The summed E-state index contributed by atoms with van der Waals surface area (Å²) in [6.45, 7) is 4.40. The second-order valence-electron chi connectivity index (χ2n) is 15.6. The number of fused-ring (bicyclic) bond motifs is 3. The third kappa shape index (κ3) is 7.65. The van der Waals surface area contributed by atoms with Crippen molar-refractivity contribution in [3.05, 3.63) is 53.4 Å². The van der Waals surface area contributed by atoms with Gasteiger partial charge in [-0.15, -0.1) is 0 Å². The molecule has 0 aliphatic carbocycles. The molecule has 0 bridgehead atoms. The number of aliphatic hydroxyl groups excluding tert-OH is 1. The average molecular weight is 802 g/mol. The van der Waals surface area contributed by atoms with Crippen LogP contribution < -0.4 is 9.64 Å². The van der Waals surface area contributed by atoms with E-state index in [1.165, 1.54) is 4.90 Å². The van der Waals surface area contributed by atoms with E-state index in [4.69, 9.17) is 26.1 Å². The number of nitrogens with zero attached hydrogens (tertiary/aromatic N) is 7. The third-order valence-corrected chi connectivity index (χ3v) is 12.2. The molecule has 8 rings (SSSR count). The predicted molar refractivity (Wildman–Crippen MR) is 212 cm³/mol. The van der Waals surface area contributed by atoms with E-state index in [1.807, 2.05) is 43.1 Å². The van der Waals surface area contributed by atoms with Gasteiger partial charge in [-0.2, -0.15) is 9.97 Å². The van der Waals surface area contributed by atoms with Crippen LogP contribution in [0, 0.1) is 17.7 Å². The minimum Gasteiger partial charge on any atom is -0.461 e. The summed E-state index contributed by atoms with van der Waals surface area (Å²) in [5, 5.41) is 12.6. The summed E-state index contributed by atoms with van der Waals surface area (Å²) in [7, 11) is 1.83. The Morgan fingerprint density at radius 2 is 1.96 bits per heavy atom. The number of likely N-dealkylation sites (tertiary alicyclic amines) is 2. The van der Waals surface area contributed by atoms with Crippen LogP contribution in [0.25, 0.3) is 32.9 Å². The molecule has 6 heterocycles. The number of amides is 2. The van der Waals surface area contributed by atoms with Crippen LogP contribution >= 0.6 is 11.6 Å². The molecular weight excluding hydrogens is 756 g/mol. The first kappa shape index (κ1) is 39.0. The second-order valence-corrected chi connectivity index (χ2v) is 16.0. The number of rotatable bonds is 9. The highest BCUT2D eigenvalue weighted by atomic mass is 35.5. The number of carbonyl (C=O) groups is 2. The van der Waals surface area contributed by atoms with E-state index < -0.39 is 41.7 Å². The van der Waals surface area contributed by atoms with Gasteiger partial charge in [-0.1, -0.05) is 61.2 Å². The molecular formula is C42H46ClF2N7O5. The largest absolute Gasteiger partial charge is 0.461 e. The van der Waals surface area contributed by atoms with Gasteiger partial charge in [0.15, 0.2) is 5.82 Å². The number of benzene rings is 2. The maximum absolute atomic E-state index is 16.9. The lowest BCUT2D eigenvalue weighted by Gasteiger charge is -2.31. The number of alkyl halides is 1. The fraction of sp³-hybridized carbons (Fsp3) is 0.500. The molecule has 4 aliphatic rings. The number of unbranched alkanes of at least 4 members (excludes halogenated alkanes) is 1. The van der Waals surface area contributed by atoms with Crippen LogP contribution in [0.5, 0.6) is 6.01 Å². The smallest absolute Gasteiger partial charge is 0.410 e. The number of halogens is 3. The molecule has 12 nitrogen and oxygen atoms in total. The van der Waals surface area contributed by atoms with Crippen LogP contribution in [0.2, 0.25) is 5.02 Å². The van der Waals surface area contributed by atoms with Crippen LogP contribution in [-0.2, 0) is 9.53 Å². The van der Waals surface area contributed by atoms with Gasteiger partial charge in [-0.05, 0) is 49.6 Å². The van der Waals surface area contributed by atoms with Gasteiger partial charge >= 0.3 is 12.1 Å². The van der Waals surface area contributed by atoms with Crippen molar-refractivity contribution >= 4 is 51.1 Å². The minimum atomic E-state index is -0.944. The van der Waals surface area contributed by atoms with E-state index in [0.717, 1.165) is 37.6 Å². The van der Waals surface area contributed by atoms with Crippen LogP contribution in [0.3, 0.4) is 0 Å². The number of pyridine rings is 1. The van der Waals surface area contributed by atoms with Crippen LogP contribution in [0.4, 0.5) is 19.4 Å². The Hall–Kier alpha value is -4.84. The summed E-state index contributed by atoms with van der Waals surface area (Å²) in [6.07, 6.45) is 3.79. The standard InChI is InChI=1S/C42H46ClF2N7O5/c1-3-4-18-56-41(55)52-24-30(53)19-28(52)12-13-34(54)50-17-14-29(23-50)49(2)39-32-21-46-37(31-10-5-8-26-9-6-11-33(43)35(26)31)36(45)38(32)47-40(48-39)57-25-42-15-7-16-51(42)22-27(44)20-42/h5-6,8-11,21,27-30,53H,3-4,7,14-20,22-25H2,1-2H3/t27-,28?,29-,30?,42+/m1/s1. The van der Waals surface area contributed by atoms with Crippen molar-refractivity contribution in [3.8, 4) is 29.1 Å². The zero-order valence-electron chi connectivity index (χ0n) is 32.1. The number of β-amino-alcohol motifs (C(OH)–C–C–N with tert-alkyl or cyclic N) is 1. The number of likely N-dealkylation sites (N-methyl/N-ethyl adjacent to an activating group) is 1. The first-order valence-corrected chi connectivity index (χ1v) is 20.1. The molecule has 4 fully saturated rings. The van der Waals surface area contributed by atoms with Crippen molar-refractivity contribution < 1.29 is 33.0 Å². The van der Waals surface area contributed by atoms with Gasteiger partial charge in [0.05, 0.1) is 36.2 Å². The van der Waals surface area contributed by atoms with E-state index in [1.54, 1.807) is 23.2 Å². The highest BCUT2D eigenvalue weighted by molar-refractivity contribution is 6.36. The zero-order chi connectivity index (χ0) is 39.8. The van der Waals surface area contributed by atoms with E-state index in [0.29, 0.717) is 59.7 Å². The Morgan fingerprint density at radius 1 is 1.14 bits per heavy atom. The monoisotopic (exact) mass is 801 g/mol. The molecule has 2 aromatic heterocycles. The molecule has 0 spiro atoms. The van der Waals surface area contributed by atoms with Gasteiger partial charge in [0.1, 0.15) is 29.8 Å². The normalized spacial score (nSPS) is 24.5. The number of ether oxygens (including phenoxy) is 2. The molecule has 4 aliphatic heterocycles. The van der Waals surface area contributed by atoms with Crippen molar-refractivity contribution in [2.24, 2.45) is 0 Å². The first-order chi connectivity index (χ1) is 27.5. The molecule has 2 aromatic carbocycles. The number of anilines is 1. The fourth-order valence-corrected chi connectivity index (χ4v) is 9.15. The lowest BCUT2D eigenvalue weighted by atomic mass is 9.95. The summed E-state index contributed by atoms with van der Waals surface area (Å²) in [6, 6.07) is 10.1. The summed E-state index contributed by atoms with van der Waals surface area (Å²) < 4.78 is 43.2. The molecule has 300 valence electrons. The Morgan fingerprint density at radius 3 is 2.79 bits per heavy atom. The summed E-state index contributed by atoms with van der Waals surface area (Å²) >= 11 is 6.64. The van der Waals surface area contributed by atoms with E-state index in [-0.39, 0.29) is 49.4 Å².